The van der Waals surface area contributed by atoms with E-state index in [4.69, 9.17) is 0 Å². The molecule has 3 heteroatoms. The van der Waals surface area contributed by atoms with Gasteiger partial charge in [0, 0.05) is 18.4 Å². The summed E-state index contributed by atoms with van der Waals surface area (Å²) in [6, 6.07) is 0.539. The molecule has 0 atom stereocenters. The van der Waals surface area contributed by atoms with E-state index >= 15 is 0 Å². The van der Waals surface area contributed by atoms with Crippen LogP contribution in [0.25, 0.3) is 0 Å². The van der Waals surface area contributed by atoms with Crippen molar-refractivity contribution in [3.8, 4) is 0 Å². The van der Waals surface area contributed by atoms with E-state index in [2.05, 4.69) is 23.4 Å². The highest BCUT2D eigenvalue weighted by atomic mass is 32.1. The summed E-state index contributed by atoms with van der Waals surface area (Å²) >= 11 is 0. The number of nitrogens with zero attached hydrogens (tertiary/aromatic N) is 2. The summed E-state index contributed by atoms with van der Waals surface area (Å²) in [6.07, 6.45) is 5.58. The molecule has 9 heavy (non-hydrogen) atoms. The maximum atomic E-state index is 3.91. The van der Waals surface area contributed by atoms with Crippen LogP contribution in [0.3, 0.4) is 0 Å². The summed E-state index contributed by atoms with van der Waals surface area (Å²) in [7, 11) is 0. The molecule has 0 bridgehead atoms. The van der Waals surface area contributed by atoms with E-state index in [-0.39, 0.29) is 13.5 Å². The molecule has 0 aromatic carbocycles. The first kappa shape index (κ1) is 8.56. The van der Waals surface area contributed by atoms with Crippen molar-refractivity contribution in [1.29, 1.82) is 0 Å². The molecule has 0 spiro atoms. The van der Waals surface area contributed by atoms with E-state index in [0.717, 1.165) is 0 Å². The fourth-order valence-electron chi connectivity index (χ4n) is 0.575. The van der Waals surface area contributed by atoms with E-state index in [0.29, 0.717) is 6.04 Å². The summed E-state index contributed by atoms with van der Waals surface area (Å²) in [5.41, 5.74) is 0. The Morgan fingerprint density at radius 1 is 1.44 bits per heavy atom. The lowest BCUT2D eigenvalue weighted by Gasteiger charge is -2.02. The molecule has 1 rings (SSSR count). The molecule has 0 fully saturated rings. The van der Waals surface area contributed by atoms with Gasteiger partial charge >= 0.3 is 0 Å². The molecule has 0 aliphatic rings. The van der Waals surface area contributed by atoms with E-state index in [9.17, 15) is 0 Å². The Kier molecular flexibility index (Phi) is 3.39. The Hall–Kier alpha value is -0.440. The van der Waals surface area contributed by atoms with E-state index in [1.807, 2.05) is 12.5 Å². The second kappa shape index (κ2) is 3.56. The Balaban J connectivity index is 0.000000640. The van der Waals surface area contributed by atoms with Crippen LogP contribution in [0, 0.1) is 0 Å². The molecular formula is C6H12N2S. The highest BCUT2D eigenvalue weighted by Crippen LogP contribution is 1.99. The van der Waals surface area contributed by atoms with Crippen molar-refractivity contribution in [3.05, 3.63) is 18.7 Å². The second-order valence-corrected chi connectivity index (χ2v) is 2.10. The van der Waals surface area contributed by atoms with Crippen LogP contribution in [-0.4, -0.2) is 9.55 Å². The third-order valence-electron chi connectivity index (χ3n) is 1.12. The Labute approximate surface area is 62.4 Å². The zero-order chi connectivity index (χ0) is 5.98. The van der Waals surface area contributed by atoms with E-state index in [1.54, 1.807) is 6.20 Å². The van der Waals surface area contributed by atoms with Crippen LogP contribution in [0.5, 0.6) is 0 Å². The third kappa shape index (κ3) is 2.10. The highest BCUT2D eigenvalue weighted by Gasteiger charge is 1.90. The summed E-state index contributed by atoms with van der Waals surface area (Å²) in [5.74, 6) is 0. The minimum absolute atomic E-state index is 0. The van der Waals surface area contributed by atoms with Crippen molar-refractivity contribution in [2.75, 3.05) is 0 Å². The largest absolute Gasteiger partial charge is 0.335 e. The van der Waals surface area contributed by atoms with Crippen molar-refractivity contribution >= 4 is 13.5 Å². The Bertz CT molecular complexity index is 146. The molecule has 1 aromatic rings. The molecule has 0 saturated heterocycles. The molecule has 0 radical (unpaired) electrons. The quantitative estimate of drug-likeness (QED) is 0.585. The van der Waals surface area contributed by atoms with Crippen molar-refractivity contribution in [2.45, 2.75) is 19.9 Å². The molecule has 2 nitrogen and oxygen atoms in total. The molecular weight excluding hydrogens is 132 g/mol. The zero-order valence-electron chi connectivity index (χ0n) is 5.70. The van der Waals surface area contributed by atoms with Crippen molar-refractivity contribution in [1.82, 2.24) is 9.55 Å². The van der Waals surface area contributed by atoms with Gasteiger partial charge in [0.15, 0.2) is 0 Å². The van der Waals surface area contributed by atoms with Crippen LogP contribution in [0.4, 0.5) is 0 Å². The molecule has 0 unspecified atom stereocenters. The molecule has 1 heterocycles. The first-order valence-electron chi connectivity index (χ1n) is 2.78. The van der Waals surface area contributed by atoms with Gasteiger partial charge in [-0.1, -0.05) is 0 Å². The Morgan fingerprint density at radius 2 is 2.11 bits per heavy atom. The molecule has 52 valence electrons. The molecule has 0 aliphatic carbocycles. The van der Waals surface area contributed by atoms with E-state index < -0.39 is 0 Å². The minimum atomic E-state index is 0. The molecule has 0 N–H and O–H groups in total. The standard InChI is InChI=1S/C6H10N2.H2S/c1-6(2)8-4-3-7-5-8;/h3-6H,1-2H3;1H2. The minimum Gasteiger partial charge on any atom is -0.335 e. The van der Waals surface area contributed by atoms with Crippen LogP contribution in [-0.2, 0) is 0 Å². The van der Waals surface area contributed by atoms with Gasteiger partial charge in [0.1, 0.15) is 0 Å². The highest BCUT2D eigenvalue weighted by molar-refractivity contribution is 7.59. The lowest BCUT2D eigenvalue weighted by molar-refractivity contribution is 0.600. The van der Waals surface area contributed by atoms with Crippen molar-refractivity contribution < 1.29 is 0 Å². The molecule has 1 aromatic heterocycles. The van der Waals surface area contributed by atoms with Gasteiger partial charge in [0.25, 0.3) is 0 Å². The van der Waals surface area contributed by atoms with Crippen molar-refractivity contribution in [2.24, 2.45) is 0 Å². The monoisotopic (exact) mass is 144 g/mol. The van der Waals surface area contributed by atoms with Gasteiger partial charge in [0.05, 0.1) is 6.33 Å². The van der Waals surface area contributed by atoms with Crippen LogP contribution in [0.1, 0.15) is 19.9 Å². The number of hydrogen-bond acceptors (Lipinski definition) is 1. The van der Waals surface area contributed by atoms with Gasteiger partial charge in [0.2, 0.25) is 0 Å². The lowest BCUT2D eigenvalue weighted by atomic mass is 10.4. The van der Waals surface area contributed by atoms with Gasteiger partial charge < -0.3 is 4.57 Å². The predicted octanol–water partition coefficient (Wildman–Crippen LogP) is 1.58. The van der Waals surface area contributed by atoms with Gasteiger partial charge in [-0.3, -0.25) is 0 Å². The van der Waals surface area contributed by atoms with Gasteiger partial charge in [-0.15, -0.1) is 0 Å². The fourth-order valence-corrected chi connectivity index (χ4v) is 0.575. The molecule has 0 aliphatic heterocycles. The molecule has 0 amide bonds. The fraction of sp³-hybridized carbons (Fsp3) is 0.500. The summed E-state index contributed by atoms with van der Waals surface area (Å²) in [6.45, 7) is 4.25. The SMILES string of the molecule is CC(C)n1ccnc1.S. The topological polar surface area (TPSA) is 17.8 Å². The predicted molar refractivity (Wildman–Crippen MR) is 43.0 cm³/mol. The van der Waals surface area contributed by atoms with Gasteiger partial charge in [-0.25, -0.2) is 4.98 Å². The normalized spacial score (nSPS) is 9.22. The van der Waals surface area contributed by atoms with Gasteiger partial charge in [-0.2, -0.15) is 13.5 Å². The second-order valence-electron chi connectivity index (χ2n) is 2.10. The van der Waals surface area contributed by atoms with Gasteiger partial charge in [-0.05, 0) is 13.8 Å². The van der Waals surface area contributed by atoms with Crippen LogP contribution in [0.2, 0.25) is 0 Å². The third-order valence-corrected chi connectivity index (χ3v) is 1.12. The number of aromatic nitrogens is 2. The lowest BCUT2D eigenvalue weighted by Crippen LogP contribution is -1.95. The summed E-state index contributed by atoms with van der Waals surface area (Å²) in [5, 5.41) is 0. The smallest absolute Gasteiger partial charge is 0.0948 e. The van der Waals surface area contributed by atoms with E-state index in [1.165, 1.54) is 0 Å². The number of imidazole rings is 1. The average molecular weight is 144 g/mol. The molecule has 0 saturated carbocycles. The first-order chi connectivity index (χ1) is 3.80. The summed E-state index contributed by atoms with van der Waals surface area (Å²) < 4.78 is 2.06. The summed E-state index contributed by atoms with van der Waals surface area (Å²) in [4.78, 5) is 3.91. The number of rotatable bonds is 1. The maximum Gasteiger partial charge on any atom is 0.0948 e. The number of hydrogen-bond donors (Lipinski definition) is 0. The van der Waals surface area contributed by atoms with Crippen LogP contribution in [0.15, 0.2) is 18.7 Å². The average Bonchev–Trinajstić information content (AvgIpc) is 2.12. The van der Waals surface area contributed by atoms with Crippen LogP contribution < -0.4 is 0 Å². The first-order valence-corrected chi connectivity index (χ1v) is 2.78. The van der Waals surface area contributed by atoms with Crippen molar-refractivity contribution in [3.63, 3.8) is 0 Å². The zero-order valence-corrected chi connectivity index (χ0v) is 6.70. The Morgan fingerprint density at radius 3 is 2.33 bits per heavy atom. The van der Waals surface area contributed by atoms with Crippen LogP contribution >= 0.6 is 13.5 Å². The maximum absolute atomic E-state index is 3.91.